The van der Waals surface area contributed by atoms with Gasteiger partial charge in [0, 0.05) is 25.0 Å². The van der Waals surface area contributed by atoms with Crippen molar-refractivity contribution in [3.8, 4) is 0 Å². The predicted octanol–water partition coefficient (Wildman–Crippen LogP) is 0.730. The van der Waals surface area contributed by atoms with E-state index >= 15 is 0 Å². The summed E-state index contributed by atoms with van der Waals surface area (Å²) in [7, 11) is 1.81. The molecule has 6 nitrogen and oxygen atoms in total. The molecule has 0 aliphatic rings. The Morgan fingerprint density at radius 1 is 1.62 bits per heavy atom. The van der Waals surface area contributed by atoms with E-state index in [4.69, 9.17) is 5.73 Å². The van der Waals surface area contributed by atoms with Gasteiger partial charge in [0.25, 0.3) is 0 Å². The molecule has 0 fully saturated rings. The Hall–Kier alpha value is -2.24. The molecule has 4 N–H and O–H groups in total. The zero-order valence-corrected chi connectivity index (χ0v) is 9.23. The molecule has 0 saturated carbocycles. The highest BCUT2D eigenvalue weighted by Gasteiger charge is 2.05. The standard InChI is InChI=1S/C10H14N6/c1-7-6-9(15-14-7)13-10(11)8-4-3-5-16(8)12-2/h3-6,12H,1-2H3,(H3,11,13,14,15). The minimum Gasteiger partial charge on any atom is -0.382 e. The molecule has 0 amide bonds. The zero-order valence-electron chi connectivity index (χ0n) is 9.23. The number of H-pyrrole nitrogens is 1. The molecule has 2 heterocycles. The molecule has 2 aromatic rings. The van der Waals surface area contributed by atoms with Crippen LogP contribution in [0.5, 0.6) is 0 Å². The molecule has 0 saturated heterocycles. The number of aromatic amines is 1. The molecule has 0 aliphatic heterocycles. The molecular formula is C10H14N6. The maximum atomic E-state index is 5.89. The zero-order chi connectivity index (χ0) is 11.5. The van der Waals surface area contributed by atoms with E-state index in [1.54, 1.807) is 4.68 Å². The lowest BCUT2D eigenvalue weighted by atomic mass is 10.4. The summed E-state index contributed by atoms with van der Waals surface area (Å²) in [6, 6.07) is 5.61. The maximum Gasteiger partial charge on any atom is 0.175 e. The summed E-state index contributed by atoms with van der Waals surface area (Å²) in [5.41, 5.74) is 10.6. The number of aryl methyl sites for hydroxylation is 1. The first-order valence-electron chi connectivity index (χ1n) is 4.92. The van der Waals surface area contributed by atoms with Gasteiger partial charge in [-0.15, -0.1) is 0 Å². The maximum absolute atomic E-state index is 5.89. The van der Waals surface area contributed by atoms with E-state index in [1.807, 2.05) is 38.4 Å². The Labute approximate surface area is 93.2 Å². The predicted molar refractivity (Wildman–Crippen MR) is 63.4 cm³/mol. The first-order chi connectivity index (χ1) is 7.70. The molecule has 0 aliphatic carbocycles. The van der Waals surface area contributed by atoms with Crippen LogP contribution in [0.3, 0.4) is 0 Å². The van der Waals surface area contributed by atoms with E-state index in [0.29, 0.717) is 11.7 Å². The molecule has 2 aromatic heterocycles. The summed E-state index contributed by atoms with van der Waals surface area (Å²) in [5, 5.41) is 6.81. The number of rotatable bonds is 3. The van der Waals surface area contributed by atoms with E-state index in [-0.39, 0.29) is 0 Å². The second-order valence-corrected chi connectivity index (χ2v) is 3.39. The van der Waals surface area contributed by atoms with Gasteiger partial charge in [0.05, 0.1) is 0 Å². The van der Waals surface area contributed by atoms with Crippen LogP contribution in [-0.4, -0.2) is 27.8 Å². The first kappa shape index (κ1) is 10.3. The van der Waals surface area contributed by atoms with Gasteiger partial charge in [-0.1, -0.05) is 0 Å². The van der Waals surface area contributed by atoms with Crippen molar-refractivity contribution in [2.24, 2.45) is 10.7 Å². The molecule has 0 unspecified atom stereocenters. The summed E-state index contributed by atoms with van der Waals surface area (Å²) in [6.07, 6.45) is 1.87. The van der Waals surface area contributed by atoms with E-state index < -0.39 is 0 Å². The molecule has 2 rings (SSSR count). The van der Waals surface area contributed by atoms with Gasteiger partial charge in [-0.05, 0) is 19.1 Å². The van der Waals surface area contributed by atoms with Crippen LogP contribution in [-0.2, 0) is 0 Å². The highest BCUT2D eigenvalue weighted by Crippen LogP contribution is 2.10. The minimum absolute atomic E-state index is 0.422. The summed E-state index contributed by atoms with van der Waals surface area (Å²) < 4.78 is 1.79. The average molecular weight is 218 g/mol. The van der Waals surface area contributed by atoms with Gasteiger partial charge in [-0.25, -0.2) is 4.99 Å². The van der Waals surface area contributed by atoms with Crippen molar-refractivity contribution in [3.63, 3.8) is 0 Å². The largest absolute Gasteiger partial charge is 0.382 e. The van der Waals surface area contributed by atoms with Crippen LogP contribution in [0.2, 0.25) is 0 Å². The third kappa shape index (κ3) is 1.90. The molecule has 16 heavy (non-hydrogen) atoms. The van der Waals surface area contributed by atoms with Crippen LogP contribution in [0.4, 0.5) is 5.82 Å². The Morgan fingerprint density at radius 2 is 2.44 bits per heavy atom. The highest BCUT2D eigenvalue weighted by atomic mass is 15.4. The monoisotopic (exact) mass is 218 g/mol. The van der Waals surface area contributed by atoms with Gasteiger partial charge in [-0.2, -0.15) is 5.10 Å². The number of nitrogens with two attached hydrogens (primary N) is 1. The molecule has 0 spiro atoms. The van der Waals surface area contributed by atoms with E-state index in [9.17, 15) is 0 Å². The van der Waals surface area contributed by atoms with E-state index in [0.717, 1.165) is 11.4 Å². The van der Waals surface area contributed by atoms with Crippen molar-refractivity contribution in [3.05, 3.63) is 35.8 Å². The number of nitrogens with zero attached hydrogens (tertiary/aromatic N) is 3. The van der Waals surface area contributed by atoms with E-state index in [1.165, 1.54) is 0 Å². The smallest absolute Gasteiger partial charge is 0.175 e. The summed E-state index contributed by atoms with van der Waals surface area (Å²) >= 11 is 0. The number of amidine groups is 1. The lowest BCUT2D eigenvalue weighted by molar-refractivity contribution is 0.922. The van der Waals surface area contributed by atoms with Gasteiger partial charge in [-0.3, -0.25) is 9.77 Å². The third-order valence-corrected chi connectivity index (χ3v) is 2.18. The van der Waals surface area contributed by atoms with Crippen molar-refractivity contribution in [1.82, 2.24) is 14.9 Å². The van der Waals surface area contributed by atoms with Crippen LogP contribution in [0.15, 0.2) is 29.4 Å². The topological polar surface area (TPSA) is 84.0 Å². The van der Waals surface area contributed by atoms with Gasteiger partial charge >= 0.3 is 0 Å². The molecule has 84 valence electrons. The Bertz CT molecular complexity index is 507. The molecule has 0 radical (unpaired) electrons. The number of hydrogen-bond acceptors (Lipinski definition) is 3. The van der Waals surface area contributed by atoms with Gasteiger partial charge in [0.15, 0.2) is 11.7 Å². The Balaban J connectivity index is 2.31. The van der Waals surface area contributed by atoms with Crippen molar-refractivity contribution in [2.45, 2.75) is 6.92 Å². The fraction of sp³-hybridized carbons (Fsp3) is 0.200. The molecule has 0 atom stereocenters. The fourth-order valence-electron chi connectivity index (χ4n) is 1.43. The van der Waals surface area contributed by atoms with Crippen molar-refractivity contribution >= 4 is 11.7 Å². The van der Waals surface area contributed by atoms with Gasteiger partial charge in [0.1, 0.15) is 5.69 Å². The SMILES string of the molecule is CNn1cccc1C(N)=Nc1cc(C)[nH]n1. The molecule has 0 bridgehead atoms. The Morgan fingerprint density at radius 3 is 3.06 bits per heavy atom. The molecular weight excluding hydrogens is 204 g/mol. The highest BCUT2D eigenvalue weighted by molar-refractivity contribution is 5.97. The third-order valence-electron chi connectivity index (χ3n) is 2.18. The average Bonchev–Trinajstić information content (AvgIpc) is 2.86. The number of nitrogens with one attached hydrogen (secondary N) is 2. The minimum atomic E-state index is 0.422. The van der Waals surface area contributed by atoms with Gasteiger partial charge < -0.3 is 11.2 Å². The van der Waals surface area contributed by atoms with Crippen LogP contribution in [0.1, 0.15) is 11.4 Å². The van der Waals surface area contributed by atoms with Crippen LogP contribution in [0, 0.1) is 6.92 Å². The fourth-order valence-corrected chi connectivity index (χ4v) is 1.43. The molecule has 6 heteroatoms. The van der Waals surface area contributed by atoms with Crippen molar-refractivity contribution < 1.29 is 0 Å². The second-order valence-electron chi connectivity index (χ2n) is 3.39. The quantitative estimate of drug-likeness (QED) is 0.524. The van der Waals surface area contributed by atoms with Crippen molar-refractivity contribution in [2.75, 3.05) is 12.5 Å². The summed E-state index contributed by atoms with van der Waals surface area (Å²) in [4.78, 5) is 4.22. The second kappa shape index (κ2) is 4.09. The van der Waals surface area contributed by atoms with Gasteiger partial charge in [0.2, 0.25) is 0 Å². The van der Waals surface area contributed by atoms with Crippen LogP contribution in [0.25, 0.3) is 0 Å². The number of aliphatic imine (C=N–C) groups is 1. The van der Waals surface area contributed by atoms with Crippen LogP contribution < -0.4 is 11.2 Å². The summed E-state index contributed by atoms with van der Waals surface area (Å²) in [6.45, 7) is 1.92. The molecule has 0 aromatic carbocycles. The van der Waals surface area contributed by atoms with E-state index in [2.05, 4.69) is 20.6 Å². The lowest BCUT2D eigenvalue weighted by Crippen LogP contribution is -2.21. The van der Waals surface area contributed by atoms with Crippen molar-refractivity contribution in [1.29, 1.82) is 0 Å². The first-order valence-corrected chi connectivity index (χ1v) is 4.92. The van der Waals surface area contributed by atoms with Crippen LogP contribution >= 0.6 is 0 Å². The number of hydrogen-bond donors (Lipinski definition) is 3. The summed E-state index contributed by atoms with van der Waals surface area (Å²) in [5.74, 6) is 1.00. The Kier molecular flexibility index (Phi) is 2.63. The number of aromatic nitrogens is 3. The lowest BCUT2D eigenvalue weighted by Gasteiger charge is -2.06. The normalized spacial score (nSPS) is 11.8.